The first-order chi connectivity index (χ1) is 14.8. The zero-order chi connectivity index (χ0) is 20.3. The first-order valence-corrected chi connectivity index (χ1v) is 10.4. The molecule has 2 heterocycles. The average Bonchev–Trinajstić information content (AvgIpc) is 3.32. The number of ether oxygens (including phenoxy) is 1. The van der Waals surface area contributed by atoms with Gasteiger partial charge in [0.25, 0.3) is 0 Å². The van der Waals surface area contributed by atoms with Crippen LogP contribution in [0.3, 0.4) is 0 Å². The fraction of sp³-hybridized carbons (Fsp3) is 0.240. The maximum absolute atomic E-state index is 5.40. The topological polar surface area (TPSA) is 59.9 Å². The maximum Gasteiger partial charge on any atom is 0.163 e. The van der Waals surface area contributed by atoms with Gasteiger partial charge in [-0.15, -0.1) is 0 Å². The molecule has 1 N–H and O–H groups in total. The average molecular weight is 396 g/mol. The summed E-state index contributed by atoms with van der Waals surface area (Å²) in [5.74, 6) is 2.45. The standard InChI is InChI=1S/C25H24N4O/c1-30-21-10-4-6-17(14-21)18-11-12-23-22(15-18)25(27-20-8-2-3-9-20)29-24(28-23)19-7-5-13-26-16-19/h4-7,10-16,20H,2-3,8-9H2,1H3,(H,27,28,29). The summed E-state index contributed by atoms with van der Waals surface area (Å²) in [6.45, 7) is 0. The lowest BCUT2D eigenvalue weighted by Gasteiger charge is -2.16. The molecule has 30 heavy (non-hydrogen) atoms. The summed E-state index contributed by atoms with van der Waals surface area (Å²) in [5.41, 5.74) is 4.08. The van der Waals surface area contributed by atoms with Crippen molar-refractivity contribution in [3.63, 3.8) is 0 Å². The van der Waals surface area contributed by atoms with Crippen LogP contribution in [0.4, 0.5) is 5.82 Å². The number of pyridine rings is 1. The van der Waals surface area contributed by atoms with Crippen LogP contribution in [0.25, 0.3) is 33.4 Å². The number of nitrogens with zero attached hydrogens (tertiary/aromatic N) is 3. The van der Waals surface area contributed by atoms with Gasteiger partial charge in [-0.1, -0.05) is 31.0 Å². The molecule has 0 spiro atoms. The molecule has 0 saturated heterocycles. The fourth-order valence-electron chi connectivity index (χ4n) is 4.11. The lowest BCUT2D eigenvalue weighted by molar-refractivity contribution is 0.415. The van der Waals surface area contributed by atoms with Crippen molar-refractivity contribution in [3.8, 4) is 28.3 Å². The van der Waals surface area contributed by atoms with Gasteiger partial charge < -0.3 is 10.1 Å². The van der Waals surface area contributed by atoms with Crippen LogP contribution >= 0.6 is 0 Å². The molecule has 2 aromatic heterocycles. The van der Waals surface area contributed by atoms with Crippen molar-refractivity contribution < 1.29 is 4.74 Å². The molecule has 0 aliphatic heterocycles. The zero-order valence-electron chi connectivity index (χ0n) is 17.0. The molecule has 0 unspecified atom stereocenters. The SMILES string of the molecule is COc1cccc(-c2ccc3nc(-c4cccnc4)nc(NC4CCCC4)c3c2)c1. The molecular formula is C25H24N4O. The summed E-state index contributed by atoms with van der Waals surface area (Å²) in [4.78, 5) is 14.0. The molecular weight excluding hydrogens is 372 g/mol. The Hall–Kier alpha value is -3.47. The first kappa shape index (κ1) is 18.6. The van der Waals surface area contributed by atoms with Crippen molar-refractivity contribution in [1.82, 2.24) is 15.0 Å². The van der Waals surface area contributed by atoms with Gasteiger partial charge in [0.05, 0.1) is 12.6 Å². The molecule has 1 aliphatic rings. The van der Waals surface area contributed by atoms with E-state index in [0.717, 1.165) is 39.2 Å². The fourth-order valence-corrected chi connectivity index (χ4v) is 4.11. The van der Waals surface area contributed by atoms with Gasteiger partial charge in [0, 0.05) is 29.4 Å². The molecule has 0 radical (unpaired) electrons. The summed E-state index contributed by atoms with van der Waals surface area (Å²) in [5, 5.41) is 4.74. The van der Waals surface area contributed by atoms with Gasteiger partial charge in [-0.25, -0.2) is 9.97 Å². The monoisotopic (exact) mass is 396 g/mol. The third-order valence-electron chi connectivity index (χ3n) is 5.71. The second-order valence-electron chi connectivity index (χ2n) is 7.73. The van der Waals surface area contributed by atoms with Gasteiger partial charge in [0.1, 0.15) is 11.6 Å². The highest BCUT2D eigenvalue weighted by Crippen LogP contribution is 2.32. The van der Waals surface area contributed by atoms with Crippen LogP contribution in [0, 0.1) is 0 Å². The number of fused-ring (bicyclic) bond motifs is 1. The predicted molar refractivity (Wildman–Crippen MR) is 121 cm³/mol. The predicted octanol–water partition coefficient (Wildman–Crippen LogP) is 5.72. The molecule has 5 rings (SSSR count). The Kier molecular flexibility index (Phi) is 5.01. The van der Waals surface area contributed by atoms with Crippen LogP contribution in [0.1, 0.15) is 25.7 Å². The first-order valence-electron chi connectivity index (χ1n) is 10.4. The Morgan fingerprint density at radius 3 is 2.53 bits per heavy atom. The molecule has 4 aromatic rings. The molecule has 1 saturated carbocycles. The number of hydrogen-bond acceptors (Lipinski definition) is 5. The lowest BCUT2D eigenvalue weighted by atomic mass is 10.0. The number of nitrogens with one attached hydrogen (secondary N) is 1. The smallest absolute Gasteiger partial charge is 0.163 e. The van der Waals surface area contributed by atoms with Crippen LogP contribution in [0.2, 0.25) is 0 Å². The molecule has 2 aromatic carbocycles. The number of aromatic nitrogens is 3. The molecule has 0 amide bonds. The second kappa shape index (κ2) is 8.11. The molecule has 1 fully saturated rings. The number of hydrogen-bond donors (Lipinski definition) is 1. The van der Waals surface area contributed by atoms with Crippen molar-refractivity contribution in [1.29, 1.82) is 0 Å². The van der Waals surface area contributed by atoms with Gasteiger partial charge in [0.2, 0.25) is 0 Å². The van der Waals surface area contributed by atoms with Gasteiger partial charge in [-0.05, 0) is 60.4 Å². The van der Waals surface area contributed by atoms with Crippen molar-refractivity contribution in [3.05, 3.63) is 67.0 Å². The van der Waals surface area contributed by atoms with E-state index in [-0.39, 0.29) is 0 Å². The summed E-state index contributed by atoms with van der Waals surface area (Å²) >= 11 is 0. The van der Waals surface area contributed by atoms with Gasteiger partial charge in [-0.2, -0.15) is 0 Å². The number of rotatable bonds is 5. The molecule has 0 bridgehead atoms. The largest absolute Gasteiger partial charge is 0.497 e. The zero-order valence-corrected chi connectivity index (χ0v) is 17.0. The quantitative estimate of drug-likeness (QED) is 0.467. The van der Waals surface area contributed by atoms with E-state index >= 15 is 0 Å². The summed E-state index contributed by atoms with van der Waals surface area (Å²) in [6.07, 6.45) is 8.48. The van der Waals surface area contributed by atoms with Gasteiger partial charge >= 0.3 is 0 Å². The number of methoxy groups -OCH3 is 1. The molecule has 5 heteroatoms. The van der Waals surface area contributed by atoms with E-state index in [9.17, 15) is 0 Å². The summed E-state index contributed by atoms with van der Waals surface area (Å²) in [6, 6.07) is 18.9. The minimum absolute atomic E-state index is 0.463. The molecule has 150 valence electrons. The van der Waals surface area contributed by atoms with E-state index in [1.54, 1.807) is 13.3 Å². The highest BCUT2D eigenvalue weighted by Gasteiger charge is 2.18. The Balaban J connectivity index is 1.63. The third-order valence-corrected chi connectivity index (χ3v) is 5.71. The minimum atomic E-state index is 0.463. The van der Waals surface area contributed by atoms with E-state index in [1.807, 2.05) is 30.5 Å². The van der Waals surface area contributed by atoms with Crippen LogP contribution in [0.15, 0.2) is 67.0 Å². The van der Waals surface area contributed by atoms with Crippen molar-refractivity contribution in [2.45, 2.75) is 31.7 Å². The van der Waals surface area contributed by atoms with Crippen LogP contribution in [-0.4, -0.2) is 28.1 Å². The van der Waals surface area contributed by atoms with E-state index in [1.165, 1.54) is 25.7 Å². The number of anilines is 1. The van der Waals surface area contributed by atoms with Crippen LogP contribution in [-0.2, 0) is 0 Å². The molecule has 0 atom stereocenters. The normalized spacial score (nSPS) is 14.2. The second-order valence-corrected chi connectivity index (χ2v) is 7.73. The van der Waals surface area contributed by atoms with E-state index < -0.39 is 0 Å². The Bertz CT molecular complexity index is 1170. The van der Waals surface area contributed by atoms with Crippen molar-refractivity contribution in [2.75, 3.05) is 12.4 Å². The third kappa shape index (κ3) is 3.71. The molecule has 5 nitrogen and oxygen atoms in total. The lowest BCUT2D eigenvalue weighted by Crippen LogP contribution is -2.16. The minimum Gasteiger partial charge on any atom is -0.497 e. The van der Waals surface area contributed by atoms with Crippen LogP contribution in [0.5, 0.6) is 5.75 Å². The summed E-state index contributed by atoms with van der Waals surface area (Å²) < 4.78 is 5.40. The van der Waals surface area contributed by atoms with Crippen molar-refractivity contribution in [2.24, 2.45) is 0 Å². The van der Waals surface area contributed by atoms with E-state index in [0.29, 0.717) is 11.9 Å². The number of benzene rings is 2. The van der Waals surface area contributed by atoms with Crippen LogP contribution < -0.4 is 10.1 Å². The van der Waals surface area contributed by atoms with E-state index in [4.69, 9.17) is 14.7 Å². The Labute approximate surface area is 176 Å². The Morgan fingerprint density at radius 1 is 0.900 bits per heavy atom. The summed E-state index contributed by atoms with van der Waals surface area (Å²) in [7, 11) is 1.69. The van der Waals surface area contributed by atoms with Crippen molar-refractivity contribution >= 4 is 16.7 Å². The highest BCUT2D eigenvalue weighted by molar-refractivity contribution is 5.94. The maximum atomic E-state index is 5.40. The van der Waals surface area contributed by atoms with Gasteiger partial charge in [0.15, 0.2) is 5.82 Å². The van der Waals surface area contributed by atoms with E-state index in [2.05, 4.69) is 40.6 Å². The highest BCUT2D eigenvalue weighted by atomic mass is 16.5. The van der Waals surface area contributed by atoms with Gasteiger partial charge in [-0.3, -0.25) is 4.98 Å². The molecule has 1 aliphatic carbocycles. The Morgan fingerprint density at radius 2 is 1.73 bits per heavy atom.